The molecule has 104 valence electrons. The first-order chi connectivity index (χ1) is 8.95. The van der Waals surface area contributed by atoms with Crippen LogP contribution in [-0.4, -0.2) is 23.0 Å². The third-order valence-electron chi connectivity index (χ3n) is 2.59. The number of carbonyl (C=O) groups is 2. The van der Waals surface area contributed by atoms with Crippen LogP contribution in [-0.2, 0) is 16.0 Å². The van der Waals surface area contributed by atoms with Gasteiger partial charge < -0.3 is 10.4 Å². The summed E-state index contributed by atoms with van der Waals surface area (Å²) in [5, 5.41) is 11.2. The van der Waals surface area contributed by atoms with Crippen molar-refractivity contribution in [1.29, 1.82) is 0 Å². The molecule has 0 aliphatic carbocycles. The topological polar surface area (TPSA) is 66.4 Å². The van der Waals surface area contributed by atoms with Gasteiger partial charge in [0.2, 0.25) is 5.91 Å². The number of aliphatic carboxylic acids is 1. The smallest absolute Gasteiger partial charge is 0.326 e. The first-order valence-electron chi connectivity index (χ1n) is 5.90. The summed E-state index contributed by atoms with van der Waals surface area (Å²) < 4.78 is 26.3. The van der Waals surface area contributed by atoms with E-state index >= 15 is 0 Å². The molecular weight excluding hydrogens is 256 g/mol. The predicted octanol–water partition coefficient (Wildman–Crippen LogP) is 1.88. The van der Waals surface area contributed by atoms with Gasteiger partial charge in [-0.2, -0.15) is 0 Å². The highest BCUT2D eigenvalue weighted by atomic mass is 19.2. The van der Waals surface area contributed by atoms with Gasteiger partial charge in [-0.25, -0.2) is 13.6 Å². The van der Waals surface area contributed by atoms with Crippen LogP contribution in [0.2, 0.25) is 0 Å². The molecule has 1 rings (SSSR count). The van der Waals surface area contributed by atoms with Gasteiger partial charge >= 0.3 is 5.97 Å². The Morgan fingerprint density at radius 2 is 2.05 bits per heavy atom. The fraction of sp³-hybridized carbons (Fsp3) is 0.385. The Kier molecular flexibility index (Phi) is 5.41. The molecule has 0 heterocycles. The quantitative estimate of drug-likeness (QED) is 0.830. The second-order valence-corrected chi connectivity index (χ2v) is 4.14. The lowest BCUT2D eigenvalue weighted by molar-refractivity contribution is -0.141. The minimum atomic E-state index is -1.14. The van der Waals surface area contributed by atoms with Crippen molar-refractivity contribution in [1.82, 2.24) is 5.32 Å². The van der Waals surface area contributed by atoms with Crippen LogP contribution in [0.5, 0.6) is 0 Å². The lowest BCUT2D eigenvalue weighted by atomic mass is 10.1. The number of nitrogens with one attached hydrogen (secondary N) is 1. The monoisotopic (exact) mass is 271 g/mol. The number of hydrogen-bond donors (Lipinski definition) is 2. The zero-order chi connectivity index (χ0) is 14.4. The second-order valence-electron chi connectivity index (χ2n) is 4.14. The highest BCUT2D eigenvalue weighted by molar-refractivity contribution is 5.84. The molecule has 0 spiro atoms. The Labute approximate surface area is 109 Å². The fourth-order valence-corrected chi connectivity index (χ4v) is 1.65. The lowest BCUT2D eigenvalue weighted by Crippen LogP contribution is -2.41. The van der Waals surface area contributed by atoms with E-state index in [0.29, 0.717) is 6.42 Å². The first-order valence-corrected chi connectivity index (χ1v) is 5.90. The number of carbonyl (C=O) groups excluding carboxylic acids is 1. The molecule has 0 saturated heterocycles. The summed E-state index contributed by atoms with van der Waals surface area (Å²) in [7, 11) is 0. The summed E-state index contributed by atoms with van der Waals surface area (Å²) in [5.41, 5.74) is -0.0989. The van der Waals surface area contributed by atoms with E-state index in [2.05, 4.69) is 5.32 Å². The third kappa shape index (κ3) is 4.31. The van der Waals surface area contributed by atoms with Gasteiger partial charge in [0.1, 0.15) is 6.04 Å². The van der Waals surface area contributed by atoms with Crippen molar-refractivity contribution in [2.24, 2.45) is 0 Å². The number of benzene rings is 1. The fourth-order valence-electron chi connectivity index (χ4n) is 1.65. The average molecular weight is 271 g/mol. The predicted molar refractivity (Wildman–Crippen MR) is 64.5 cm³/mol. The molecule has 0 aliphatic heterocycles. The number of amides is 1. The highest BCUT2D eigenvalue weighted by Crippen LogP contribution is 2.12. The van der Waals surface area contributed by atoms with Crippen molar-refractivity contribution in [3.8, 4) is 0 Å². The normalized spacial score (nSPS) is 11.9. The summed E-state index contributed by atoms with van der Waals surface area (Å²) in [5.74, 6) is -3.91. The van der Waals surface area contributed by atoms with Gasteiger partial charge in [-0.15, -0.1) is 0 Å². The van der Waals surface area contributed by atoms with Gasteiger partial charge in [0.25, 0.3) is 0 Å². The Balaban J connectivity index is 2.69. The van der Waals surface area contributed by atoms with E-state index in [0.717, 1.165) is 6.07 Å². The van der Waals surface area contributed by atoms with Gasteiger partial charge in [-0.05, 0) is 12.5 Å². The average Bonchev–Trinajstić information content (AvgIpc) is 2.34. The minimum Gasteiger partial charge on any atom is -0.480 e. The van der Waals surface area contributed by atoms with Crippen LogP contribution in [0, 0.1) is 11.6 Å². The zero-order valence-corrected chi connectivity index (χ0v) is 10.5. The Hall–Kier alpha value is -1.98. The molecule has 2 N–H and O–H groups in total. The largest absolute Gasteiger partial charge is 0.480 e. The molecular formula is C13H15F2NO3. The van der Waals surface area contributed by atoms with Crippen LogP contribution in [0.4, 0.5) is 8.78 Å². The van der Waals surface area contributed by atoms with Gasteiger partial charge in [0, 0.05) is 5.56 Å². The van der Waals surface area contributed by atoms with Crippen LogP contribution >= 0.6 is 0 Å². The summed E-state index contributed by atoms with van der Waals surface area (Å²) in [6.45, 7) is 1.79. The molecule has 1 aromatic carbocycles. The molecule has 1 unspecified atom stereocenters. The van der Waals surface area contributed by atoms with Gasteiger partial charge in [-0.1, -0.05) is 25.5 Å². The van der Waals surface area contributed by atoms with E-state index in [1.54, 1.807) is 6.92 Å². The molecule has 0 aromatic heterocycles. The summed E-state index contributed by atoms with van der Waals surface area (Å²) >= 11 is 0. The van der Waals surface area contributed by atoms with Crippen LogP contribution in [0.15, 0.2) is 18.2 Å². The number of hydrogen-bond acceptors (Lipinski definition) is 2. The van der Waals surface area contributed by atoms with Crippen LogP contribution in [0.1, 0.15) is 25.3 Å². The molecule has 0 bridgehead atoms. The highest BCUT2D eigenvalue weighted by Gasteiger charge is 2.20. The molecule has 19 heavy (non-hydrogen) atoms. The maximum absolute atomic E-state index is 13.3. The molecule has 1 atom stereocenters. The number of carboxylic acid groups (broad SMARTS) is 1. The van der Waals surface area contributed by atoms with Crippen molar-refractivity contribution in [3.63, 3.8) is 0 Å². The number of carboxylic acids is 1. The van der Waals surface area contributed by atoms with Crippen LogP contribution in [0.25, 0.3) is 0 Å². The van der Waals surface area contributed by atoms with E-state index < -0.39 is 36.0 Å². The maximum Gasteiger partial charge on any atom is 0.326 e. The Morgan fingerprint density at radius 1 is 1.37 bits per heavy atom. The summed E-state index contributed by atoms with van der Waals surface area (Å²) in [4.78, 5) is 22.5. The third-order valence-corrected chi connectivity index (χ3v) is 2.59. The van der Waals surface area contributed by atoms with Crippen molar-refractivity contribution in [2.75, 3.05) is 0 Å². The van der Waals surface area contributed by atoms with Crippen molar-refractivity contribution in [2.45, 2.75) is 32.2 Å². The second kappa shape index (κ2) is 6.82. The van der Waals surface area contributed by atoms with Gasteiger partial charge in [-0.3, -0.25) is 4.79 Å². The van der Waals surface area contributed by atoms with E-state index in [-0.39, 0.29) is 12.0 Å². The standard InChI is InChI=1S/C13H15F2NO3/c1-2-4-10(13(18)19)16-11(17)7-8-5-3-6-9(14)12(8)15/h3,5-6,10H,2,4,7H2,1H3,(H,16,17)(H,18,19). The van der Waals surface area contributed by atoms with E-state index in [1.165, 1.54) is 12.1 Å². The van der Waals surface area contributed by atoms with Crippen molar-refractivity contribution < 1.29 is 23.5 Å². The van der Waals surface area contributed by atoms with Crippen LogP contribution in [0.3, 0.4) is 0 Å². The minimum absolute atomic E-state index is 0.0989. The number of rotatable bonds is 6. The molecule has 1 aromatic rings. The molecule has 4 nitrogen and oxygen atoms in total. The van der Waals surface area contributed by atoms with E-state index in [1.807, 2.05) is 0 Å². The summed E-state index contributed by atoms with van der Waals surface area (Å²) in [6.07, 6.45) is 0.482. The van der Waals surface area contributed by atoms with Gasteiger partial charge in [0.15, 0.2) is 11.6 Å². The first kappa shape index (κ1) is 15.1. The molecule has 6 heteroatoms. The van der Waals surface area contributed by atoms with Gasteiger partial charge in [0.05, 0.1) is 6.42 Å². The summed E-state index contributed by atoms with van der Waals surface area (Å²) in [6, 6.07) is 2.53. The SMILES string of the molecule is CCCC(NC(=O)Cc1cccc(F)c1F)C(=O)O. The van der Waals surface area contributed by atoms with E-state index in [9.17, 15) is 18.4 Å². The maximum atomic E-state index is 13.3. The zero-order valence-electron chi connectivity index (χ0n) is 10.5. The Morgan fingerprint density at radius 3 is 2.63 bits per heavy atom. The molecule has 0 aliphatic rings. The number of halogens is 2. The van der Waals surface area contributed by atoms with Crippen LogP contribution < -0.4 is 5.32 Å². The van der Waals surface area contributed by atoms with Crippen molar-refractivity contribution >= 4 is 11.9 Å². The molecule has 1 amide bonds. The molecule has 0 radical (unpaired) electrons. The van der Waals surface area contributed by atoms with Crippen molar-refractivity contribution in [3.05, 3.63) is 35.4 Å². The lowest BCUT2D eigenvalue weighted by Gasteiger charge is -2.13. The Bertz CT molecular complexity index is 477. The van der Waals surface area contributed by atoms with E-state index in [4.69, 9.17) is 5.11 Å². The molecule has 0 fully saturated rings. The molecule has 0 saturated carbocycles.